The van der Waals surface area contributed by atoms with Crippen molar-refractivity contribution in [1.29, 1.82) is 0 Å². The number of anilines is 1. The molecule has 0 saturated carbocycles. The number of fused-ring (bicyclic) bond motifs is 4. The highest BCUT2D eigenvalue weighted by atomic mass is 79.9. The molecule has 1 aliphatic carbocycles. The van der Waals surface area contributed by atoms with Crippen molar-refractivity contribution in [3.8, 4) is 0 Å². The summed E-state index contributed by atoms with van der Waals surface area (Å²) in [5.41, 5.74) is 5.28. The molecule has 0 N–H and O–H groups in total. The van der Waals surface area contributed by atoms with E-state index in [1.54, 1.807) is 11.8 Å². The van der Waals surface area contributed by atoms with Gasteiger partial charge in [0.15, 0.2) is 5.78 Å². The molecule has 0 saturated heterocycles. The Balaban J connectivity index is 1.69. The van der Waals surface area contributed by atoms with Crippen LogP contribution in [0.4, 0.5) is 5.69 Å². The molecule has 0 unspecified atom stereocenters. The highest BCUT2D eigenvalue weighted by Crippen LogP contribution is 2.51. The first-order valence-corrected chi connectivity index (χ1v) is 10.2. The molecule has 4 heteroatoms. The fourth-order valence-corrected chi connectivity index (χ4v) is 5.73. The predicted octanol–water partition coefficient (Wildman–Crippen LogP) is 6.10. The van der Waals surface area contributed by atoms with Gasteiger partial charge in [0.1, 0.15) is 0 Å². The Morgan fingerprint density at radius 2 is 1.88 bits per heavy atom. The summed E-state index contributed by atoms with van der Waals surface area (Å²) in [5.74, 6) is 0.155. The number of hydrogen-bond donors (Lipinski definition) is 0. The number of thioether (sulfide) groups is 1. The largest absolute Gasteiger partial charge is 0.337 e. The third-order valence-corrected chi connectivity index (χ3v) is 7.24. The van der Waals surface area contributed by atoms with Gasteiger partial charge in [-0.1, -0.05) is 64.1 Å². The Labute approximate surface area is 165 Å². The summed E-state index contributed by atoms with van der Waals surface area (Å²) in [6.45, 7) is 2.08. The number of carbonyl (C=O) groups excluding carboxylic acids is 1. The summed E-state index contributed by atoms with van der Waals surface area (Å²) in [4.78, 5) is 16.6. The molecule has 0 radical (unpaired) electrons. The highest BCUT2D eigenvalue weighted by Gasteiger charge is 2.35. The summed E-state index contributed by atoms with van der Waals surface area (Å²) in [5, 5.41) is 3.52. The monoisotopic (exact) mass is 421 g/mol. The molecule has 26 heavy (non-hydrogen) atoms. The van der Waals surface area contributed by atoms with Gasteiger partial charge in [0.05, 0.1) is 10.7 Å². The number of allylic oxidation sites excluding steroid dienone is 1. The average Bonchev–Trinajstić information content (AvgIpc) is 3.17. The molecule has 3 aromatic rings. The zero-order valence-electron chi connectivity index (χ0n) is 14.5. The van der Waals surface area contributed by atoms with E-state index in [-0.39, 0.29) is 5.78 Å². The van der Waals surface area contributed by atoms with Gasteiger partial charge in [-0.2, -0.15) is 0 Å². The molecule has 5 rings (SSSR count). The van der Waals surface area contributed by atoms with Crippen LogP contribution in [0.25, 0.3) is 10.8 Å². The number of carbonyl (C=O) groups is 1. The van der Waals surface area contributed by atoms with Crippen molar-refractivity contribution in [2.45, 2.75) is 18.2 Å². The first kappa shape index (κ1) is 16.2. The maximum absolute atomic E-state index is 13.2. The quantitative estimate of drug-likeness (QED) is 0.408. The van der Waals surface area contributed by atoms with E-state index < -0.39 is 0 Å². The number of halogens is 1. The van der Waals surface area contributed by atoms with Gasteiger partial charge in [0, 0.05) is 39.4 Å². The minimum absolute atomic E-state index is 0.155. The average molecular weight is 422 g/mol. The molecule has 2 aliphatic rings. The first-order chi connectivity index (χ1) is 12.6. The minimum atomic E-state index is 0.155. The fraction of sp³-hybridized carbons (Fsp3) is 0.136. The Hall–Kier alpha value is -2.04. The van der Waals surface area contributed by atoms with Gasteiger partial charge in [-0.15, -0.1) is 0 Å². The van der Waals surface area contributed by atoms with Crippen LogP contribution in [0.5, 0.6) is 0 Å². The second-order valence-electron chi connectivity index (χ2n) is 6.80. The number of nitrogens with zero attached hydrogens (tertiary/aromatic N) is 1. The molecule has 0 spiro atoms. The van der Waals surface area contributed by atoms with Gasteiger partial charge in [0.25, 0.3) is 0 Å². The van der Waals surface area contributed by atoms with Crippen molar-refractivity contribution < 1.29 is 4.79 Å². The number of aryl methyl sites for hydroxylation is 1. The summed E-state index contributed by atoms with van der Waals surface area (Å²) in [7, 11) is 2.08. The predicted molar refractivity (Wildman–Crippen MR) is 112 cm³/mol. The number of benzene rings is 3. The summed E-state index contributed by atoms with van der Waals surface area (Å²) in [6, 6.07) is 16.8. The van der Waals surface area contributed by atoms with Crippen LogP contribution in [0, 0.1) is 6.92 Å². The molecule has 0 aromatic heterocycles. The third-order valence-electron chi connectivity index (χ3n) is 5.32. The number of hydrogen-bond acceptors (Lipinski definition) is 3. The lowest BCUT2D eigenvalue weighted by Gasteiger charge is -2.17. The fourth-order valence-electron chi connectivity index (χ4n) is 3.98. The van der Waals surface area contributed by atoms with Gasteiger partial charge < -0.3 is 4.90 Å². The SMILES string of the molecule is Cc1ccc(Br)c2c1C/C(=C1/Sc3ccc4ccccc4c3N1C)C2=O. The molecule has 0 fully saturated rings. The van der Waals surface area contributed by atoms with Crippen molar-refractivity contribution in [2.24, 2.45) is 0 Å². The van der Waals surface area contributed by atoms with Crippen LogP contribution < -0.4 is 4.90 Å². The van der Waals surface area contributed by atoms with Gasteiger partial charge in [-0.3, -0.25) is 4.79 Å². The Bertz CT molecular complexity index is 1150. The second kappa shape index (κ2) is 5.73. The van der Waals surface area contributed by atoms with E-state index in [1.165, 1.54) is 26.9 Å². The molecular weight excluding hydrogens is 406 g/mol. The van der Waals surface area contributed by atoms with Gasteiger partial charge in [-0.25, -0.2) is 0 Å². The molecule has 0 atom stereocenters. The zero-order valence-corrected chi connectivity index (χ0v) is 16.9. The molecule has 1 heterocycles. The van der Waals surface area contributed by atoms with E-state index in [0.717, 1.165) is 26.2 Å². The van der Waals surface area contributed by atoms with Crippen LogP contribution in [-0.4, -0.2) is 12.8 Å². The first-order valence-electron chi connectivity index (χ1n) is 8.55. The second-order valence-corrected chi connectivity index (χ2v) is 8.69. The maximum Gasteiger partial charge on any atom is 0.193 e. The van der Waals surface area contributed by atoms with Crippen LogP contribution in [0.1, 0.15) is 21.5 Å². The van der Waals surface area contributed by atoms with Gasteiger partial charge >= 0.3 is 0 Å². The van der Waals surface area contributed by atoms with E-state index >= 15 is 0 Å². The summed E-state index contributed by atoms with van der Waals surface area (Å²) < 4.78 is 0.896. The van der Waals surface area contributed by atoms with E-state index in [1.807, 2.05) is 6.07 Å². The van der Waals surface area contributed by atoms with Crippen molar-refractivity contribution in [3.63, 3.8) is 0 Å². The van der Waals surface area contributed by atoms with Crippen molar-refractivity contribution in [2.75, 3.05) is 11.9 Å². The van der Waals surface area contributed by atoms with E-state index in [2.05, 4.69) is 77.3 Å². The molecule has 0 bridgehead atoms. The maximum atomic E-state index is 13.2. The van der Waals surface area contributed by atoms with Crippen molar-refractivity contribution >= 4 is 49.9 Å². The van der Waals surface area contributed by atoms with Crippen LogP contribution in [0.15, 0.2) is 68.5 Å². The Kier molecular flexibility index (Phi) is 3.56. The topological polar surface area (TPSA) is 20.3 Å². The lowest BCUT2D eigenvalue weighted by Crippen LogP contribution is -2.14. The zero-order chi connectivity index (χ0) is 18.0. The normalized spacial score (nSPS) is 18.6. The van der Waals surface area contributed by atoms with Crippen LogP contribution in [0.2, 0.25) is 0 Å². The van der Waals surface area contributed by atoms with Crippen molar-refractivity contribution in [3.05, 3.63) is 80.3 Å². The number of rotatable bonds is 0. The van der Waals surface area contributed by atoms with Gasteiger partial charge in [-0.05, 0) is 35.6 Å². The molecule has 0 amide bonds. The Morgan fingerprint density at radius 3 is 2.69 bits per heavy atom. The van der Waals surface area contributed by atoms with Crippen LogP contribution >= 0.6 is 27.7 Å². The van der Waals surface area contributed by atoms with E-state index in [0.29, 0.717) is 6.42 Å². The van der Waals surface area contributed by atoms with E-state index in [9.17, 15) is 4.79 Å². The lowest BCUT2D eigenvalue weighted by molar-refractivity contribution is 0.103. The Morgan fingerprint density at radius 1 is 1.08 bits per heavy atom. The molecular formula is C22H16BrNOS. The molecule has 128 valence electrons. The smallest absolute Gasteiger partial charge is 0.193 e. The number of ketones is 1. The number of Topliss-reactive ketones (excluding diaryl/α,β-unsaturated/α-hetero) is 1. The van der Waals surface area contributed by atoms with Crippen LogP contribution in [0.3, 0.4) is 0 Å². The lowest BCUT2D eigenvalue weighted by atomic mass is 10.0. The highest BCUT2D eigenvalue weighted by molar-refractivity contribution is 9.10. The molecule has 2 nitrogen and oxygen atoms in total. The third kappa shape index (κ3) is 2.15. The summed E-state index contributed by atoms with van der Waals surface area (Å²) >= 11 is 5.28. The van der Waals surface area contributed by atoms with Gasteiger partial charge in [0.2, 0.25) is 0 Å². The standard InChI is InChI=1S/C22H16BrNOS/c1-12-7-9-17(23)19-15(12)11-16(21(19)25)22-24(2)20-14-6-4-3-5-13(14)8-10-18(20)26-22/h3-10H,11H2,1-2H3/b22-16-. The van der Waals surface area contributed by atoms with Crippen LogP contribution in [-0.2, 0) is 6.42 Å². The van der Waals surface area contributed by atoms with Crippen molar-refractivity contribution in [1.82, 2.24) is 0 Å². The van der Waals surface area contributed by atoms with E-state index in [4.69, 9.17) is 0 Å². The molecule has 3 aromatic carbocycles. The summed E-state index contributed by atoms with van der Waals surface area (Å²) in [6.07, 6.45) is 0.706. The minimum Gasteiger partial charge on any atom is -0.337 e. The molecule has 1 aliphatic heterocycles.